The number of nitrogens with one attached hydrogen (secondary N) is 2. The highest BCUT2D eigenvalue weighted by atomic mass is 16.3. The largest absolute Gasteiger partial charge is 0.396 e. The number of aliphatic hydroxyl groups is 1. The third kappa shape index (κ3) is 6.40. The molecule has 30 heavy (non-hydrogen) atoms. The second kappa shape index (κ2) is 11.5. The van der Waals surface area contributed by atoms with Crippen LogP contribution in [-0.4, -0.2) is 47.7 Å². The van der Waals surface area contributed by atoms with E-state index in [0.29, 0.717) is 13.0 Å². The lowest BCUT2D eigenvalue weighted by Gasteiger charge is -2.32. The maximum Gasteiger partial charge on any atom is 0.321 e. The number of carbonyl (C=O) groups is 2. The average molecular weight is 410 g/mol. The Morgan fingerprint density at radius 2 is 1.53 bits per heavy atom. The zero-order chi connectivity index (χ0) is 21.2. The lowest BCUT2D eigenvalue weighted by molar-refractivity contribution is -0.121. The van der Waals surface area contributed by atoms with Gasteiger partial charge in [-0.2, -0.15) is 0 Å². The van der Waals surface area contributed by atoms with Gasteiger partial charge in [-0.1, -0.05) is 73.5 Å². The molecule has 0 atom stereocenters. The number of hydrogen-bond donors (Lipinski definition) is 3. The zero-order valence-corrected chi connectivity index (χ0v) is 17.3. The summed E-state index contributed by atoms with van der Waals surface area (Å²) < 4.78 is 0. The summed E-state index contributed by atoms with van der Waals surface area (Å²) in [4.78, 5) is 26.9. The minimum Gasteiger partial charge on any atom is -0.396 e. The van der Waals surface area contributed by atoms with Crippen LogP contribution >= 0.6 is 0 Å². The minimum atomic E-state index is -0.426. The molecular formula is C24H31N3O3. The number of urea groups is 1. The third-order valence-electron chi connectivity index (χ3n) is 5.49. The van der Waals surface area contributed by atoms with Crippen LogP contribution in [0.4, 0.5) is 4.79 Å². The highest BCUT2D eigenvalue weighted by molar-refractivity contribution is 5.95. The number of benzene rings is 2. The van der Waals surface area contributed by atoms with Gasteiger partial charge in [-0.3, -0.25) is 15.0 Å². The van der Waals surface area contributed by atoms with E-state index in [1.54, 1.807) is 0 Å². The van der Waals surface area contributed by atoms with Crippen molar-refractivity contribution in [1.29, 1.82) is 0 Å². The third-order valence-corrected chi connectivity index (χ3v) is 5.49. The molecule has 0 spiro atoms. The predicted octanol–water partition coefficient (Wildman–Crippen LogP) is 3.23. The maximum atomic E-state index is 12.7. The normalized spacial score (nSPS) is 14.2. The minimum absolute atomic E-state index is 0.0383. The molecule has 6 nitrogen and oxygen atoms in total. The smallest absolute Gasteiger partial charge is 0.321 e. The fourth-order valence-corrected chi connectivity index (χ4v) is 4.10. The van der Waals surface area contributed by atoms with Crippen LogP contribution in [0.15, 0.2) is 60.7 Å². The van der Waals surface area contributed by atoms with Crippen molar-refractivity contribution in [3.8, 4) is 0 Å². The van der Waals surface area contributed by atoms with Crippen LogP contribution < -0.4 is 10.6 Å². The molecule has 2 aromatic rings. The summed E-state index contributed by atoms with van der Waals surface area (Å²) in [6.45, 7) is 0.631. The van der Waals surface area contributed by atoms with Crippen molar-refractivity contribution in [3.05, 3.63) is 71.8 Å². The van der Waals surface area contributed by atoms with Crippen LogP contribution in [0.3, 0.4) is 0 Å². The molecular weight excluding hydrogens is 378 g/mol. The number of amides is 3. The Labute approximate surface area is 178 Å². The highest BCUT2D eigenvalue weighted by Crippen LogP contribution is 2.28. The van der Waals surface area contributed by atoms with Crippen molar-refractivity contribution in [1.82, 2.24) is 15.5 Å². The van der Waals surface area contributed by atoms with E-state index in [-0.39, 0.29) is 31.1 Å². The van der Waals surface area contributed by atoms with Crippen LogP contribution in [0.2, 0.25) is 0 Å². The number of rotatable bonds is 9. The Kier molecular flexibility index (Phi) is 8.41. The fourth-order valence-electron chi connectivity index (χ4n) is 4.10. The lowest BCUT2D eigenvalue weighted by atomic mass is 9.96. The molecule has 0 unspecified atom stereocenters. The van der Waals surface area contributed by atoms with Gasteiger partial charge < -0.3 is 10.4 Å². The quantitative estimate of drug-likeness (QED) is 0.594. The molecule has 0 heterocycles. The van der Waals surface area contributed by atoms with Gasteiger partial charge in [-0.05, 0) is 30.4 Å². The molecule has 0 bridgehead atoms. The molecule has 3 amide bonds. The van der Waals surface area contributed by atoms with Crippen molar-refractivity contribution >= 4 is 11.9 Å². The molecule has 2 aromatic carbocycles. The zero-order valence-electron chi connectivity index (χ0n) is 17.3. The summed E-state index contributed by atoms with van der Waals surface area (Å²) in [5.74, 6) is -0.347. The van der Waals surface area contributed by atoms with Gasteiger partial charge in [0.25, 0.3) is 0 Å². The summed E-state index contributed by atoms with van der Waals surface area (Å²) >= 11 is 0. The van der Waals surface area contributed by atoms with E-state index in [1.165, 1.54) is 0 Å². The number of imide groups is 1. The van der Waals surface area contributed by atoms with Gasteiger partial charge >= 0.3 is 6.03 Å². The second-order valence-corrected chi connectivity index (χ2v) is 7.77. The molecule has 0 radical (unpaired) electrons. The summed E-state index contributed by atoms with van der Waals surface area (Å²) in [6.07, 6.45) is 4.70. The molecule has 1 aliphatic carbocycles. The number of nitrogens with zero attached hydrogens (tertiary/aromatic N) is 1. The molecule has 0 saturated heterocycles. The molecule has 6 heteroatoms. The van der Waals surface area contributed by atoms with Gasteiger partial charge in [-0.25, -0.2) is 4.79 Å². The van der Waals surface area contributed by atoms with Gasteiger partial charge in [0, 0.05) is 19.2 Å². The predicted molar refractivity (Wildman–Crippen MR) is 117 cm³/mol. The number of carbonyl (C=O) groups excluding carboxylic acids is 2. The van der Waals surface area contributed by atoms with Crippen LogP contribution in [0.5, 0.6) is 0 Å². The van der Waals surface area contributed by atoms with Gasteiger partial charge in [0.2, 0.25) is 5.91 Å². The van der Waals surface area contributed by atoms with E-state index in [1.807, 2.05) is 65.6 Å². The molecule has 1 saturated carbocycles. The molecule has 1 aliphatic rings. The first-order valence-electron chi connectivity index (χ1n) is 10.7. The number of aliphatic hydroxyl groups excluding tert-OH is 1. The highest BCUT2D eigenvalue weighted by Gasteiger charge is 2.25. The van der Waals surface area contributed by atoms with Crippen molar-refractivity contribution in [2.24, 2.45) is 0 Å². The van der Waals surface area contributed by atoms with Gasteiger partial charge in [0.1, 0.15) is 0 Å². The monoisotopic (exact) mass is 409 g/mol. The SMILES string of the molecule is O=C(CN(CCCO)C(c1ccccc1)c1ccccc1)NC(=O)NC1CCCC1. The first-order chi connectivity index (χ1) is 14.7. The Morgan fingerprint density at radius 1 is 0.967 bits per heavy atom. The van der Waals surface area contributed by atoms with Crippen molar-refractivity contribution in [2.75, 3.05) is 19.7 Å². The first kappa shape index (κ1) is 22.0. The van der Waals surface area contributed by atoms with Crippen LogP contribution in [-0.2, 0) is 4.79 Å². The molecule has 160 valence electrons. The van der Waals surface area contributed by atoms with Crippen LogP contribution in [0.25, 0.3) is 0 Å². The Morgan fingerprint density at radius 3 is 2.07 bits per heavy atom. The Bertz CT molecular complexity index is 752. The molecule has 0 aliphatic heterocycles. The van der Waals surface area contributed by atoms with Crippen molar-refractivity contribution < 1.29 is 14.7 Å². The molecule has 3 rings (SSSR count). The van der Waals surface area contributed by atoms with E-state index >= 15 is 0 Å². The lowest BCUT2D eigenvalue weighted by Crippen LogP contribution is -2.47. The maximum absolute atomic E-state index is 12.7. The standard InChI is InChI=1S/C24H31N3O3/c28-17-9-16-27(18-22(29)26-24(30)25-21-14-7-8-15-21)23(19-10-3-1-4-11-19)20-12-5-2-6-13-20/h1-6,10-13,21,23,28H,7-9,14-18H2,(H2,25,26,29,30). The van der Waals surface area contributed by atoms with E-state index in [2.05, 4.69) is 10.6 Å². The first-order valence-corrected chi connectivity index (χ1v) is 10.7. The summed E-state index contributed by atoms with van der Waals surface area (Å²) in [6, 6.07) is 19.6. The Hall–Kier alpha value is -2.70. The van der Waals surface area contributed by atoms with Gasteiger partial charge in [0.15, 0.2) is 0 Å². The Balaban J connectivity index is 1.74. The molecule has 0 aromatic heterocycles. The fraction of sp³-hybridized carbons (Fsp3) is 0.417. The van der Waals surface area contributed by atoms with E-state index in [9.17, 15) is 14.7 Å². The molecule has 1 fully saturated rings. The summed E-state index contributed by atoms with van der Waals surface area (Å²) in [7, 11) is 0. The van der Waals surface area contributed by atoms with E-state index in [0.717, 1.165) is 36.8 Å². The van der Waals surface area contributed by atoms with Gasteiger partial charge in [-0.15, -0.1) is 0 Å². The van der Waals surface area contributed by atoms with Crippen molar-refractivity contribution in [3.63, 3.8) is 0 Å². The summed E-state index contributed by atoms with van der Waals surface area (Å²) in [5, 5.41) is 14.8. The number of hydrogen-bond acceptors (Lipinski definition) is 4. The van der Waals surface area contributed by atoms with E-state index < -0.39 is 6.03 Å². The van der Waals surface area contributed by atoms with Gasteiger partial charge in [0.05, 0.1) is 12.6 Å². The van der Waals surface area contributed by atoms with Crippen LogP contribution in [0, 0.1) is 0 Å². The second-order valence-electron chi connectivity index (χ2n) is 7.77. The molecule has 3 N–H and O–H groups in total. The van der Waals surface area contributed by atoms with Crippen LogP contribution in [0.1, 0.15) is 49.3 Å². The van der Waals surface area contributed by atoms with E-state index in [4.69, 9.17) is 0 Å². The summed E-state index contributed by atoms with van der Waals surface area (Å²) in [5.41, 5.74) is 2.12. The van der Waals surface area contributed by atoms with Crippen molar-refractivity contribution in [2.45, 2.75) is 44.2 Å². The average Bonchev–Trinajstić information content (AvgIpc) is 3.26. The topological polar surface area (TPSA) is 81.7 Å².